The number of rotatable bonds is 5. The number of nitrogens with zero attached hydrogens (tertiary/aromatic N) is 2. The van der Waals surface area contributed by atoms with Crippen molar-refractivity contribution < 1.29 is 36.3 Å². The van der Waals surface area contributed by atoms with Gasteiger partial charge in [-0.25, -0.2) is 13.2 Å². The molecule has 1 aromatic rings. The third-order valence-electron chi connectivity index (χ3n) is 6.36. The Morgan fingerprint density at radius 2 is 1.54 bits per heavy atom. The number of carbonyl (C=O) groups excluding carboxylic acids is 1. The second-order valence-electron chi connectivity index (χ2n) is 8.98. The summed E-state index contributed by atoms with van der Waals surface area (Å²) in [6, 6.07) is 3.61. The second-order valence-corrected chi connectivity index (χ2v) is 10.8. The molecule has 0 bridgehead atoms. The summed E-state index contributed by atoms with van der Waals surface area (Å²) < 4.78 is 60.6. The van der Waals surface area contributed by atoms with Crippen LogP contribution >= 0.6 is 0 Å². The number of carbonyl (C=O) groups is 2. The molecule has 1 aliphatic heterocycles. The molecule has 8 nitrogen and oxygen atoms in total. The van der Waals surface area contributed by atoms with E-state index >= 15 is 0 Å². The summed E-state index contributed by atoms with van der Waals surface area (Å²) in [6.07, 6.45) is -0.246. The first-order valence-electron chi connectivity index (χ1n) is 11.6. The van der Waals surface area contributed by atoms with Gasteiger partial charge >= 0.3 is 12.1 Å². The molecule has 3 rings (SSSR count). The van der Waals surface area contributed by atoms with Gasteiger partial charge in [-0.15, -0.1) is 0 Å². The minimum Gasteiger partial charge on any atom is -0.475 e. The SMILES string of the molecule is Cc1cc(C)c(S(=O)(=O)N(CC(=O)N2CCNCC2)C2CCCCC2)cc1C.O=C(O)C(F)(F)F. The maximum atomic E-state index is 13.7. The first kappa shape index (κ1) is 29.1. The largest absolute Gasteiger partial charge is 0.490 e. The van der Waals surface area contributed by atoms with E-state index in [2.05, 4.69) is 5.32 Å². The molecule has 1 amide bonds. The van der Waals surface area contributed by atoms with Gasteiger partial charge in [-0.2, -0.15) is 17.5 Å². The van der Waals surface area contributed by atoms with Crippen LogP contribution in [0.5, 0.6) is 0 Å². The highest BCUT2D eigenvalue weighted by atomic mass is 32.2. The first-order valence-corrected chi connectivity index (χ1v) is 13.1. The Bertz CT molecular complexity index is 1000. The predicted octanol–water partition coefficient (Wildman–Crippen LogP) is 3.00. The summed E-state index contributed by atoms with van der Waals surface area (Å²) in [5.41, 5.74) is 2.79. The van der Waals surface area contributed by atoms with Crippen molar-refractivity contribution in [2.45, 2.75) is 70.0 Å². The molecule has 0 unspecified atom stereocenters. The van der Waals surface area contributed by atoms with E-state index in [1.165, 1.54) is 4.31 Å². The quantitative estimate of drug-likeness (QED) is 0.617. The Morgan fingerprint density at radius 1 is 1.03 bits per heavy atom. The zero-order chi connectivity index (χ0) is 26.4. The van der Waals surface area contributed by atoms with Crippen LogP contribution in [0.1, 0.15) is 48.8 Å². The van der Waals surface area contributed by atoms with E-state index < -0.39 is 22.2 Å². The van der Waals surface area contributed by atoms with Crippen molar-refractivity contribution >= 4 is 21.9 Å². The van der Waals surface area contributed by atoms with Crippen molar-refractivity contribution in [3.05, 3.63) is 28.8 Å². The molecule has 1 saturated heterocycles. The molecule has 1 aliphatic carbocycles. The summed E-state index contributed by atoms with van der Waals surface area (Å²) in [5.74, 6) is -2.84. The average molecular weight is 522 g/mol. The number of carboxylic acids is 1. The number of aliphatic carboxylic acids is 1. The summed E-state index contributed by atoms with van der Waals surface area (Å²) >= 11 is 0. The number of halogens is 3. The van der Waals surface area contributed by atoms with Gasteiger partial charge in [-0.05, 0) is 56.4 Å². The van der Waals surface area contributed by atoms with Crippen LogP contribution in [0.15, 0.2) is 17.0 Å². The lowest BCUT2D eigenvalue weighted by Crippen LogP contribution is -2.52. The van der Waals surface area contributed by atoms with Crippen LogP contribution < -0.4 is 5.32 Å². The van der Waals surface area contributed by atoms with Gasteiger partial charge in [0.15, 0.2) is 0 Å². The number of benzene rings is 1. The van der Waals surface area contributed by atoms with Crippen molar-refractivity contribution in [3.63, 3.8) is 0 Å². The van der Waals surface area contributed by atoms with Gasteiger partial charge in [-0.3, -0.25) is 4.79 Å². The van der Waals surface area contributed by atoms with E-state index in [1.807, 2.05) is 26.8 Å². The molecule has 0 spiro atoms. The lowest BCUT2D eigenvalue weighted by Gasteiger charge is -2.35. The summed E-state index contributed by atoms with van der Waals surface area (Å²) in [5, 5.41) is 10.4. The molecule has 0 aromatic heterocycles. The molecule has 2 fully saturated rings. The molecule has 2 N–H and O–H groups in total. The van der Waals surface area contributed by atoms with E-state index in [-0.39, 0.29) is 18.5 Å². The van der Waals surface area contributed by atoms with E-state index in [0.29, 0.717) is 18.0 Å². The minimum atomic E-state index is -5.08. The maximum Gasteiger partial charge on any atom is 0.490 e. The number of alkyl halides is 3. The molecule has 1 saturated carbocycles. The Balaban J connectivity index is 0.000000540. The number of hydrogen-bond acceptors (Lipinski definition) is 5. The van der Waals surface area contributed by atoms with Gasteiger partial charge in [0.25, 0.3) is 0 Å². The normalized spacial score (nSPS) is 17.6. The molecular weight excluding hydrogens is 487 g/mol. The Hall–Kier alpha value is -2.18. The van der Waals surface area contributed by atoms with Crippen molar-refractivity contribution in [1.82, 2.24) is 14.5 Å². The summed E-state index contributed by atoms with van der Waals surface area (Å²) in [7, 11) is -3.73. The number of piperazine rings is 1. The zero-order valence-corrected chi connectivity index (χ0v) is 21.1. The maximum absolute atomic E-state index is 13.7. The molecule has 198 valence electrons. The highest BCUT2D eigenvalue weighted by Gasteiger charge is 2.38. The Labute approximate surface area is 204 Å². The molecule has 12 heteroatoms. The molecule has 0 radical (unpaired) electrons. The third kappa shape index (κ3) is 7.91. The molecule has 1 heterocycles. The van der Waals surface area contributed by atoms with Gasteiger partial charge in [-0.1, -0.05) is 25.3 Å². The van der Waals surface area contributed by atoms with E-state index in [4.69, 9.17) is 9.90 Å². The van der Waals surface area contributed by atoms with E-state index in [0.717, 1.165) is 61.9 Å². The molecule has 1 aromatic carbocycles. The fourth-order valence-electron chi connectivity index (χ4n) is 4.27. The van der Waals surface area contributed by atoms with Crippen LogP contribution in [0.3, 0.4) is 0 Å². The number of carboxylic acid groups (broad SMARTS) is 1. The monoisotopic (exact) mass is 521 g/mol. The zero-order valence-electron chi connectivity index (χ0n) is 20.3. The molecule has 0 atom stereocenters. The minimum absolute atomic E-state index is 0.0562. The van der Waals surface area contributed by atoms with Crippen molar-refractivity contribution in [2.75, 3.05) is 32.7 Å². The van der Waals surface area contributed by atoms with Gasteiger partial charge in [0.2, 0.25) is 15.9 Å². The van der Waals surface area contributed by atoms with Crippen LogP contribution in [-0.2, 0) is 19.6 Å². The van der Waals surface area contributed by atoms with E-state index in [9.17, 15) is 26.4 Å². The predicted molar refractivity (Wildman–Crippen MR) is 125 cm³/mol. The molecule has 35 heavy (non-hydrogen) atoms. The number of aryl methyl sites for hydroxylation is 3. The number of nitrogens with one attached hydrogen (secondary N) is 1. The van der Waals surface area contributed by atoms with Crippen LogP contribution in [0.4, 0.5) is 13.2 Å². The first-order chi connectivity index (χ1) is 16.2. The number of sulfonamides is 1. The topological polar surface area (TPSA) is 107 Å². The Kier molecular flexibility index (Phi) is 10.1. The number of hydrogen-bond donors (Lipinski definition) is 2. The lowest BCUT2D eigenvalue weighted by molar-refractivity contribution is -0.192. The van der Waals surface area contributed by atoms with Crippen molar-refractivity contribution in [3.8, 4) is 0 Å². The second kappa shape index (κ2) is 12.2. The highest BCUT2D eigenvalue weighted by molar-refractivity contribution is 7.89. The van der Waals surface area contributed by atoms with E-state index in [1.54, 1.807) is 11.0 Å². The fraction of sp³-hybridized carbons (Fsp3) is 0.652. The fourth-order valence-corrected chi connectivity index (χ4v) is 6.19. The summed E-state index contributed by atoms with van der Waals surface area (Å²) in [4.78, 5) is 24.0. The van der Waals surface area contributed by atoms with Crippen molar-refractivity contribution in [1.29, 1.82) is 0 Å². The summed E-state index contributed by atoms with van der Waals surface area (Å²) in [6.45, 7) is 8.52. The van der Waals surface area contributed by atoms with Crippen LogP contribution in [0.25, 0.3) is 0 Å². The van der Waals surface area contributed by atoms with Crippen LogP contribution in [-0.4, -0.2) is 79.5 Å². The average Bonchev–Trinajstić information content (AvgIpc) is 2.80. The van der Waals surface area contributed by atoms with Gasteiger partial charge < -0.3 is 15.3 Å². The van der Waals surface area contributed by atoms with Gasteiger partial charge in [0.05, 0.1) is 11.4 Å². The molecule has 2 aliphatic rings. The third-order valence-corrected chi connectivity index (χ3v) is 8.40. The smallest absolute Gasteiger partial charge is 0.475 e. The Morgan fingerprint density at radius 3 is 2.06 bits per heavy atom. The standard InChI is InChI=1S/C21H33N3O3S.C2HF3O2/c1-16-13-18(3)20(14-17(16)2)28(26,27)24(19-7-5-4-6-8-19)15-21(25)23-11-9-22-10-12-23;3-2(4,5)1(6)7/h13-14,19,22H,4-12,15H2,1-3H3;(H,6,7). The van der Waals surface area contributed by atoms with Crippen LogP contribution in [0, 0.1) is 20.8 Å². The molecular formula is C23H34F3N3O5S. The van der Waals surface area contributed by atoms with Gasteiger partial charge in [0, 0.05) is 32.2 Å². The highest BCUT2D eigenvalue weighted by Crippen LogP contribution is 2.30. The van der Waals surface area contributed by atoms with Crippen LogP contribution in [0.2, 0.25) is 0 Å². The lowest BCUT2D eigenvalue weighted by atomic mass is 9.95. The van der Waals surface area contributed by atoms with Gasteiger partial charge in [0.1, 0.15) is 0 Å². The number of amides is 1. The van der Waals surface area contributed by atoms with Crippen molar-refractivity contribution in [2.24, 2.45) is 0 Å².